The molecule has 1 saturated heterocycles. The van der Waals surface area contributed by atoms with Crippen LogP contribution < -0.4 is 32.3 Å². The molecular formula is C87H104FN11O20. The van der Waals surface area contributed by atoms with Crippen LogP contribution in [-0.4, -0.2) is 196 Å². The molecular weight excluding hydrogens is 1540 g/mol. The summed E-state index contributed by atoms with van der Waals surface area (Å²) < 4.78 is 20.5. The van der Waals surface area contributed by atoms with Gasteiger partial charge in [-0.15, -0.1) is 0 Å². The SMILES string of the molecule is CCc1cc(O)ccc1-c1ccc(C[C@H](NC(=O)[C@H](CC(=O)O)CC(=O)[C@H](CC2=CCC=N2)NC(=O)[C@@H](CC(=O)C(C)(Cc2ccccc2F)NC(=O)[C@@H](CC(=O)CNC(=O)[C@H](CCC(=O)O)CC(=O)C2(C)CCCN2C(=O)[C@H](Cc2c[nH]cn2)NC(=O)OC)[C@@H](C)O)[C@@H](C)O)C(=O)C[C@@H](Cc2ccc(-c3ccccc3C)nc2)C(N)=O)cc1. The first-order valence-electron chi connectivity index (χ1n) is 39.4. The average molecular weight is 1640 g/mol. The van der Waals surface area contributed by atoms with Crippen molar-refractivity contribution in [2.45, 2.75) is 192 Å². The van der Waals surface area contributed by atoms with E-state index in [0.29, 0.717) is 41.8 Å². The number of nitrogens with one attached hydrogen (secondary N) is 6. The number of aliphatic hydroxyl groups is 2. The average Bonchev–Trinajstić information content (AvgIpc) is 1.68. The van der Waals surface area contributed by atoms with Crippen LogP contribution in [0, 0.1) is 42.3 Å². The number of carbonyl (C=O) groups is 14. The molecule has 12 atom stereocenters. The standard InChI is InChI=1S/C87H104FN11O20/c1-8-54-35-62(102)26-27-65(54)55-23-20-52(21-24-55)34-70(73(104)36-58(79(89)112)33-53-22-28-69(92-45-53)64-18-11-9-15-49(64)2)95-81(114)59(39-78(110)111)37-74(105)71(40-60-17-13-31-91-60)96-82(115)67(51(4)101)43-75(106)86(5,44-57-16-10-12-19-68(57)88)98-83(116)66(50(3)100)42-63(103)47-93-80(113)56(25-29-77(108)109)38-76(107)87(6)30-14-32-99(87)84(117)72(97-85(118)119-7)41-61-46-90-48-94-61/h9-12,15-24,26-28,31,35,45-46,48,50-51,56,58-59,66-67,70-72,100-102H,8,13-14,25,29-30,32-34,36-44,47H2,1-7H3,(H2,89,112)(H,90,94)(H,93,113)(H,95,114)(H,96,115)(H,97,118)(H,98,116)(H,108,109)(H,110,111)/t50-,51-,56-,58-,59+,66+,67+,70+,71+,72+,86?,87?/m1/s1. The summed E-state index contributed by atoms with van der Waals surface area (Å²) >= 11 is 0. The highest BCUT2D eigenvalue weighted by molar-refractivity contribution is 6.01. The highest BCUT2D eigenvalue weighted by atomic mass is 19.1. The van der Waals surface area contributed by atoms with Gasteiger partial charge in [0.1, 0.15) is 17.6 Å². The number of ketones is 5. The lowest BCUT2D eigenvalue weighted by Gasteiger charge is -2.37. The fourth-order valence-corrected chi connectivity index (χ4v) is 14.9. The van der Waals surface area contributed by atoms with Crippen LogP contribution in [0.25, 0.3) is 22.4 Å². The third kappa shape index (κ3) is 25.8. The lowest BCUT2D eigenvalue weighted by molar-refractivity contribution is -0.145. The Labute approximate surface area is 687 Å². The molecule has 6 aromatic rings. The number of carboxylic acid groups (broad SMARTS) is 2. The van der Waals surface area contributed by atoms with E-state index in [2.05, 4.69) is 46.5 Å². The molecule has 13 N–H and O–H groups in total. The van der Waals surface area contributed by atoms with Gasteiger partial charge in [-0.2, -0.15) is 0 Å². The predicted molar refractivity (Wildman–Crippen MR) is 432 cm³/mol. The first-order valence-corrected chi connectivity index (χ1v) is 39.4. The number of aromatic nitrogens is 3. The van der Waals surface area contributed by atoms with Crippen LogP contribution in [0.1, 0.15) is 145 Å². The van der Waals surface area contributed by atoms with Crippen molar-refractivity contribution in [1.29, 1.82) is 0 Å². The van der Waals surface area contributed by atoms with E-state index in [1.807, 2.05) is 38.1 Å². The maximum Gasteiger partial charge on any atom is 0.407 e. The van der Waals surface area contributed by atoms with Crippen molar-refractivity contribution in [3.63, 3.8) is 0 Å². The van der Waals surface area contributed by atoms with E-state index in [0.717, 1.165) is 54.8 Å². The number of aliphatic hydroxyl groups excluding tert-OH is 2. The van der Waals surface area contributed by atoms with Gasteiger partial charge >= 0.3 is 18.0 Å². The van der Waals surface area contributed by atoms with Crippen molar-refractivity contribution in [1.82, 2.24) is 46.4 Å². The molecule has 4 heterocycles. The highest BCUT2D eigenvalue weighted by Gasteiger charge is 2.49. The number of aliphatic carboxylic acids is 2. The summed E-state index contributed by atoms with van der Waals surface area (Å²) in [7, 11) is 1.10. The lowest BCUT2D eigenvalue weighted by atomic mass is 9.81. The summed E-state index contributed by atoms with van der Waals surface area (Å²) in [6.07, 6.45) is -2.59. The molecule has 4 aromatic carbocycles. The quantitative estimate of drug-likeness (QED) is 0.0196. The van der Waals surface area contributed by atoms with Crippen molar-refractivity contribution in [2.24, 2.45) is 40.3 Å². The summed E-state index contributed by atoms with van der Waals surface area (Å²) in [5, 5.41) is 65.5. The minimum Gasteiger partial charge on any atom is -0.508 e. The van der Waals surface area contributed by atoms with Crippen LogP contribution in [0.3, 0.4) is 0 Å². The minimum absolute atomic E-state index is 0.0359. The van der Waals surface area contributed by atoms with Gasteiger partial charge in [-0.3, -0.25) is 72.3 Å². The molecule has 119 heavy (non-hydrogen) atoms. The summed E-state index contributed by atoms with van der Waals surface area (Å²) in [5.41, 5.74) is 8.70. The number of aryl methyl sites for hydroxylation is 2. The second-order valence-corrected chi connectivity index (χ2v) is 30.9. The van der Waals surface area contributed by atoms with Gasteiger partial charge in [0, 0.05) is 112 Å². The summed E-state index contributed by atoms with van der Waals surface area (Å²) in [4.78, 5) is 213. The number of aromatic amines is 1. The maximum atomic E-state index is 15.7. The number of rotatable bonds is 46. The number of H-pyrrole nitrogens is 1. The number of phenols is 1. The van der Waals surface area contributed by atoms with Crippen LogP contribution in [0.4, 0.5) is 9.18 Å². The number of methoxy groups -OCH3 is 1. The molecule has 0 saturated carbocycles. The van der Waals surface area contributed by atoms with E-state index in [4.69, 9.17) is 10.5 Å². The Hall–Kier alpha value is -12.3. The number of phenolic OH excluding ortho intramolecular Hbond substituents is 1. The number of imidazole rings is 1. The number of hydrogen-bond donors (Lipinski definition) is 12. The number of primary amides is 1. The molecule has 2 aromatic heterocycles. The number of Topliss-reactive ketones (excluding diaryl/α,β-unsaturated/α-hetero) is 5. The number of carboxylic acids is 2. The number of likely N-dealkylation sites (tertiary alicyclic amines) is 1. The molecule has 0 aliphatic carbocycles. The van der Waals surface area contributed by atoms with Crippen molar-refractivity contribution >= 4 is 88.6 Å². The zero-order valence-corrected chi connectivity index (χ0v) is 67.5. The molecule has 0 radical (unpaired) electrons. The molecule has 2 aliphatic heterocycles. The Morgan fingerprint density at radius 3 is 1.97 bits per heavy atom. The van der Waals surface area contributed by atoms with Crippen LogP contribution in [0.15, 0.2) is 139 Å². The molecule has 1 fully saturated rings. The van der Waals surface area contributed by atoms with Crippen molar-refractivity contribution in [3.05, 3.63) is 173 Å². The molecule has 7 amide bonds. The first kappa shape index (κ1) is 92.2. The molecule has 2 unspecified atom stereocenters. The number of ether oxygens (including phenoxy) is 1. The molecule has 0 spiro atoms. The number of benzene rings is 4. The number of carbonyl (C=O) groups excluding carboxylic acids is 12. The molecule has 634 valence electrons. The van der Waals surface area contributed by atoms with E-state index in [9.17, 15) is 87.9 Å². The monoisotopic (exact) mass is 1640 g/mol. The summed E-state index contributed by atoms with van der Waals surface area (Å²) in [5.74, 6) is -21.4. The third-order valence-corrected chi connectivity index (χ3v) is 22.0. The normalized spacial score (nSPS) is 16.7. The van der Waals surface area contributed by atoms with E-state index in [1.54, 1.807) is 66.9 Å². The molecule has 2 aliphatic rings. The fourth-order valence-electron chi connectivity index (χ4n) is 14.9. The first-order chi connectivity index (χ1) is 56.5. The number of halogens is 1. The number of alkyl carbamates (subject to hydrolysis) is 1. The minimum atomic E-state index is -2.26. The molecule has 8 rings (SSSR count). The molecule has 0 bridgehead atoms. The van der Waals surface area contributed by atoms with Crippen molar-refractivity contribution in [3.8, 4) is 28.1 Å². The number of nitrogens with zero attached hydrogens (tertiary/aromatic N) is 4. The van der Waals surface area contributed by atoms with Crippen LogP contribution in [0.5, 0.6) is 5.75 Å². The predicted octanol–water partition coefficient (Wildman–Crippen LogP) is 6.40. The number of hydrogen-bond acceptors (Lipinski definition) is 21. The van der Waals surface area contributed by atoms with Gasteiger partial charge in [0.05, 0.1) is 90.9 Å². The van der Waals surface area contributed by atoms with E-state index in [1.165, 1.54) is 55.7 Å². The van der Waals surface area contributed by atoms with Gasteiger partial charge in [-0.1, -0.05) is 91.9 Å². The van der Waals surface area contributed by atoms with E-state index < -0.39 is 224 Å². The highest BCUT2D eigenvalue weighted by Crippen LogP contribution is 2.35. The number of allylic oxidation sites excluding steroid dienone is 1. The molecule has 32 heteroatoms. The van der Waals surface area contributed by atoms with Gasteiger partial charge in [-0.05, 0) is 136 Å². The van der Waals surface area contributed by atoms with Gasteiger partial charge < -0.3 is 72.5 Å². The fraction of sp³-hybridized carbons (Fsp3) is 0.437. The Balaban J connectivity index is 0.985. The van der Waals surface area contributed by atoms with E-state index in [-0.39, 0.29) is 55.7 Å². The third-order valence-electron chi connectivity index (χ3n) is 22.0. The Bertz CT molecular complexity index is 4760. The second-order valence-electron chi connectivity index (χ2n) is 30.9. The zero-order chi connectivity index (χ0) is 87.0. The summed E-state index contributed by atoms with van der Waals surface area (Å²) in [6, 6.07) is 23.8. The van der Waals surface area contributed by atoms with Gasteiger partial charge in [0.25, 0.3) is 0 Å². The van der Waals surface area contributed by atoms with Crippen LogP contribution in [0.2, 0.25) is 0 Å². The largest absolute Gasteiger partial charge is 0.508 e. The zero-order valence-electron chi connectivity index (χ0n) is 67.5. The Morgan fingerprint density at radius 2 is 1.35 bits per heavy atom. The Morgan fingerprint density at radius 1 is 0.689 bits per heavy atom. The van der Waals surface area contributed by atoms with Crippen LogP contribution in [-0.2, 0) is 99.2 Å². The molecule has 31 nitrogen and oxygen atoms in total. The van der Waals surface area contributed by atoms with Gasteiger partial charge in [-0.25, -0.2) is 14.2 Å². The van der Waals surface area contributed by atoms with Crippen molar-refractivity contribution < 1.29 is 102 Å². The van der Waals surface area contributed by atoms with Crippen molar-refractivity contribution in [2.75, 3.05) is 20.2 Å². The Kier molecular flexibility index (Phi) is 33.1. The number of aromatic hydroxyl groups is 1. The van der Waals surface area contributed by atoms with Gasteiger partial charge in [0.15, 0.2) is 28.9 Å². The second kappa shape index (κ2) is 42.7. The number of amides is 7. The van der Waals surface area contributed by atoms with E-state index >= 15 is 9.18 Å². The maximum absolute atomic E-state index is 15.7. The smallest absolute Gasteiger partial charge is 0.407 e. The number of pyridine rings is 1. The lowest BCUT2D eigenvalue weighted by Crippen LogP contribution is -2.58. The van der Waals surface area contributed by atoms with Gasteiger partial charge in [0.2, 0.25) is 35.4 Å². The number of nitrogens with two attached hydrogens (primary N) is 1. The van der Waals surface area contributed by atoms with Crippen LogP contribution >= 0.6 is 0 Å². The summed E-state index contributed by atoms with van der Waals surface area (Å²) in [6.45, 7) is 8.04. The topological polar surface area (TPSA) is 493 Å². The number of aliphatic imine (C=N–C) groups is 1.